The van der Waals surface area contributed by atoms with Gasteiger partial charge in [0.1, 0.15) is 5.82 Å². The van der Waals surface area contributed by atoms with Crippen LogP contribution in [0.2, 0.25) is 5.02 Å². The molecule has 0 spiro atoms. The van der Waals surface area contributed by atoms with Crippen molar-refractivity contribution in [2.24, 2.45) is 5.92 Å². The highest BCUT2D eigenvalue weighted by atomic mass is 35.5. The molecule has 1 aromatic heterocycles. The zero-order valence-electron chi connectivity index (χ0n) is 9.17. The molecule has 2 nitrogen and oxygen atoms in total. The molecule has 0 unspecified atom stereocenters. The fourth-order valence-electron chi connectivity index (χ4n) is 2.09. The molecule has 0 saturated heterocycles. The van der Waals surface area contributed by atoms with Crippen molar-refractivity contribution in [3.05, 3.63) is 27.7 Å². The van der Waals surface area contributed by atoms with Gasteiger partial charge in [-0.3, -0.25) is 0 Å². The summed E-state index contributed by atoms with van der Waals surface area (Å²) in [7, 11) is 0. The van der Waals surface area contributed by atoms with Crippen molar-refractivity contribution in [1.29, 1.82) is 0 Å². The number of benzene rings is 1. The summed E-state index contributed by atoms with van der Waals surface area (Å²) in [6, 6.07) is 3.05. The van der Waals surface area contributed by atoms with Crippen LogP contribution in [-0.4, -0.2) is 9.55 Å². The first-order chi connectivity index (χ1) is 8.15. The number of rotatable bonds is 3. The number of hydrogen-bond acceptors (Lipinski definition) is 1. The van der Waals surface area contributed by atoms with E-state index in [1.807, 2.05) is 4.57 Å². The quantitative estimate of drug-likeness (QED) is 0.825. The number of aryl methyl sites for hydroxylation is 1. The zero-order valence-corrected chi connectivity index (χ0v) is 10.7. The van der Waals surface area contributed by atoms with Gasteiger partial charge in [-0.15, -0.1) is 0 Å². The third-order valence-corrected chi connectivity index (χ3v) is 3.89. The molecule has 17 heavy (non-hydrogen) atoms. The lowest BCUT2D eigenvalue weighted by atomic mass is 10.2. The molecule has 1 heterocycles. The molecule has 5 heteroatoms. The highest BCUT2D eigenvalue weighted by Gasteiger charge is 2.21. The molecular weight excluding hydrogens is 259 g/mol. The van der Waals surface area contributed by atoms with Gasteiger partial charge < -0.3 is 9.55 Å². The number of nitrogens with zero attached hydrogens (tertiary/aromatic N) is 1. The first-order valence-corrected chi connectivity index (χ1v) is 6.51. The van der Waals surface area contributed by atoms with Crippen LogP contribution in [0.3, 0.4) is 0 Å². The number of halogens is 2. The molecule has 1 aromatic carbocycles. The smallest absolute Gasteiger partial charge is 0.178 e. The molecule has 90 valence electrons. The summed E-state index contributed by atoms with van der Waals surface area (Å²) in [6.45, 7) is 0.852. The van der Waals surface area contributed by atoms with Crippen LogP contribution in [0.1, 0.15) is 19.3 Å². The van der Waals surface area contributed by atoms with Crippen molar-refractivity contribution < 1.29 is 4.39 Å². The van der Waals surface area contributed by atoms with Gasteiger partial charge in [0.25, 0.3) is 0 Å². The fourth-order valence-corrected chi connectivity index (χ4v) is 2.56. The van der Waals surface area contributed by atoms with Crippen molar-refractivity contribution in [1.82, 2.24) is 9.55 Å². The standard InChI is InChI=1S/C12H12ClFN2S/c13-8-5-10-11(6-9(8)14)16(12(17)15-10)4-3-7-1-2-7/h5-7H,1-4H2,(H,15,17). The summed E-state index contributed by atoms with van der Waals surface area (Å²) in [6.07, 6.45) is 3.75. The Morgan fingerprint density at radius 1 is 1.47 bits per heavy atom. The van der Waals surface area contributed by atoms with Gasteiger partial charge in [0.15, 0.2) is 4.77 Å². The van der Waals surface area contributed by atoms with Gasteiger partial charge in [0, 0.05) is 12.6 Å². The summed E-state index contributed by atoms with van der Waals surface area (Å²) in [5.74, 6) is 0.437. The third kappa shape index (κ3) is 2.11. The molecule has 2 aromatic rings. The second kappa shape index (κ2) is 4.10. The summed E-state index contributed by atoms with van der Waals surface area (Å²) in [5.41, 5.74) is 1.61. The molecule has 0 atom stereocenters. The van der Waals surface area contributed by atoms with Crippen LogP contribution in [0.5, 0.6) is 0 Å². The Morgan fingerprint density at radius 2 is 2.24 bits per heavy atom. The highest BCUT2D eigenvalue weighted by Crippen LogP contribution is 2.33. The Bertz CT molecular complexity index is 627. The lowest BCUT2D eigenvalue weighted by Crippen LogP contribution is -1.99. The van der Waals surface area contributed by atoms with E-state index in [-0.39, 0.29) is 5.02 Å². The summed E-state index contributed by atoms with van der Waals surface area (Å²) < 4.78 is 16.1. The number of H-pyrrole nitrogens is 1. The SMILES string of the molecule is Fc1cc2c(cc1Cl)[nH]c(=S)n2CCC1CC1. The minimum absolute atomic E-state index is 0.128. The minimum atomic E-state index is -0.395. The van der Waals surface area contributed by atoms with Crippen molar-refractivity contribution in [2.45, 2.75) is 25.8 Å². The number of hydrogen-bond donors (Lipinski definition) is 1. The highest BCUT2D eigenvalue weighted by molar-refractivity contribution is 7.71. The Morgan fingerprint density at radius 3 is 2.94 bits per heavy atom. The second-order valence-electron chi connectivity index (χ2n) is 4.60. The Balaban J connectivity index is 2.05. The molecule has 0 radical (unpaired) electrons. The van der Waals surface area contributed by atoms with E-state index < -0.39 is 5.82 Å². The van der Waals surface area contributed by atoms with Crippen molar-refractivity contribution in [3.63, 3.8) is 0 Å². The molecular formula is C12H12ClFN2S. The largest absolute Gasteiger partial charge is 0.331 e. The minimum Gasteiger partial charge on any atom is -0.331 e. The van der Waals surface area contributed by atoms with E-state index in [0.717, 1.165) is 29.9 Å². The molecule has 0 aliphatic heterocycles. The number of imidazole rings is 1. The zero-order chi connectivity index (χ0) is 12.0. The Labute approximate surface area is 108 Å². The van der Waals surface area contributed by atoms with E-state index in [0.29, 0.717) is 4.77 Å². The van der Waals surface area contributed by atoms with E-state index in [9.17, 15) is 4.39 Å². The monoisotopic (exact) mass is 270 g/mol. The van der Waals surface area contributed by atoms with Gasteiger partial charge in [0.05, 0.1) is 16.1 Å². The van der Waals surface area contributed by atoms with Crippen LogP contribution in [0.15, 0.2) is 12.1 Å². The van der Waals surface area contributed by atoms with Crippen LogP contribution in [0, 0.1) is 16.5 Å². The van der Waals surface area contributed by atoms with Crippen LogP contribution in [-0.2, 0) is 6.54 Å². The average Bonchev–Trinajstić information content (AvgIpc) is 3.04. The molecule has 1 aliphatic rings. The van der Waals surface area contributed by atoms with Crippen LogP contribution >= 0.6 is 23.8 Å². The van der Waals surface area contributed by atoms with Crippen molar-refractivity contribution in [2.75, 3.05) is 0 Å². The van der Waals surface area contributed by atoms with Gasteiger partial charge >= 0.3 is 0 Å². The predicted molar refractivity (Wildman–Crippen MR) is 69.4 cm³/mol. The maximum Gasteiger partial charge on any atom is 0.178 e. The average molecular weight is 271 g/mol. The summed E-state index contributed by atoms with van der Waals surface area (Å²) >= 11 is 11.0. The topological polar surface area (TPSA) is 20.7 Å². The van der Waals surface area contributed by atoms with Crippen LogP contribution < -0.4 is 0 Å². The van der Waals surface area contributed by atoms with Gasteiger partial charge in [0.2, 0.25) is 0 Å². The first kappa shape index (κ1) is 11.2. The number of fused-ring (bicyclic) bond motifs is 1. The molecule has 0 bridgehead atoms. The predicted octanol–water partition coefficient (Wildman–Crippen LogP) is 4.29. The fraction of sp³-hybridized carbons (Fsp3) is 0.417. The third-order valence-electron chi connectivity index (χ3n) is 3.27. The van der Waals surface area contributed by atoms with Crippen LogP contribution in [0.4, 0.5) is 4.39 Å². The normalized spacial score (nSPS) is 15.6. The van der Waals surface area contributed by atoms with Gasteiger partial charge in [-0.1, -0.05) is 24.4 Å². The lowest BCUT2D eigenvalue weighted by molar-refractivity contribution is 0.599. The van der Waals surface area contributed by atoms with E-state index >= 15 is 0 Å². The number of aromatic nitrogens is 2. The Kier molecular flexibility index (Phi) is 2.71. The van der Waals surface area contributed by atoms with Gasteiger partial charge in [-0.2, -0.15) is 0 Å². The molecule has 1 N–H and O–H groups in total. The van der Waals surface area contributed by atoms with Crippen molar-refractivity contribution in [3.8, 4) is 0 Å². The van der Waals surface area contributed by atoms with E-state index in [4.69, 9.17) is 23.8 Å². The van der Waals surface area contributed by atoms with Crippen LogP contribution in [0.25, 0.3) is 11.0 Å². The van der Waals surface area contributed by atoms with Crippen molar-refractivity contribution >= 4 is 34.9 Å². The molecule has 1 aliphatic carbocycles. The maximum atomic E-state index is 13.5. The van der Waals surface area contributed by atoms with E-state index in [1.54, 1.807) is 6.07 Å². The Hall–Kier alpha value is -0.870. The summed E-state index contributed by atoms with van der Waals surface area (Å²) in [4.78, 5) is 3.07. The summed E-state index contributed by atoms with van der Waals surface area (Å²) in [5, 5.41) is 0.128. The molecule has 1 saturated carbocycles. The van der Waals surface area contributed by atoms with Gasteiger partial charge in [-0.05, 0) is 30.6 Å². The first-order valence-electron chi connectivity index (χ1n) is 5.72. The van der Waals surface area contributed by atoms with Gasteiger partial charge in [-0.25, -0.2) is 4.39 Å². The van der Waals surface area contributed by atoms with E-state index in [2.05, 4.69) is 4.98 Å². The number of aromatic amines is 1. The maximum absolute atomic E-state index is 13.5. The second-order valence-corrected chi connectivity index (χ2v) is 5.39. The van der Waals surface area contributed by atoms with E-state index in [1.165, 1.54) is 18.9 Å². The molecule has 0 amide bonds. The number of nitrogens with one attached hydrogen (secondary N) is 1. The molecule has 1 fully saturated rings. The molecule has 3 rings (SSSR count). The lowest BCUT2D eigenvalue weighted by Gasteiger charge is -2.03.